The maximum atomic E-state index is 8.33. The largest absolute Gasteiger partial charge is 0.409 e. The van der Waals surface area contributed by atoms with Crippen LogP contribution in [0.1, 0.15) is 19.8 Å². The average Bonchev–Trinajstić information content (AvgIpc) is 2.21. The van der Waals surface area contributed by atoms with Crippen molar-refractivity contribution in [1.82, 2.24) is 4.90 Å². The lowest BCUT2D eigenvalue weighted by atomic mass is 10.3. The summed E-state index contributed by atoms with van der Waals surface area (Å²) in [5.41, 5.74) is 5.37. The molecule has 0 fully saturated rings. The fourth-order valence-electron chi connectivity index (χ4n) is 1.05. The third-order valence-electron chi connectivity index (χ3n) is 1.91. The lowest BCUT2D eigenvalue weighted by Gasteiger charge is -2.15. The number of nitrogens with zero attached hydrogens (tertiary/aromatic N) is 2. The van der Waals surface area contributed by atoms with Crippen molar-refractivity contribution in [3.63, 3.8) is 0 Å². The van der Waals surface area contributed by atoms with Crippen molar-refractivity contribution >= 4 is 17.6 Å². The number of amidine groups is 1. The van der Waals surface area contributed by atoms with Gasteiger partial charge in [-0.15, -0.1) is 0 Å². The molecular formula is C9H21N3OS. The Bertz CT molecular complexity index is 164. The lowest BCUT2D eigenvalue weighted by Crippen LogP contribution is -2.25. The predicted molar refractivity (Wildman–Crippen MR) is 63.1 cm³/mol. The highest BCUT2D eigenvalue weighted by atomic mass is 32.2. The molecule has 0 spiro atoms. The molecule has 0 unspecified atom stereocenters. The van der Waals surface area contributed by atoms with Crippen LogP contribution in [0.2, 0.25) is 0 Å². The van der Waals surface area contributed by atoms with Gasteiger partial charge in [-0.05, 0) is 31.5 Å². The molecular weight excluding hydrogens is 198 g/mol. The van der Waals surface area contributed by atoms with Crippen molar-refractivity contribution in [3.8, 4) is 0 Å². The first-order chi connectivity index (χ1) is 6.70. The summed E-state index contributed by atoms with van der Waals surface area (Å²) < 4.78 is 0. The molecule has 0 bridgehead atoms. The third kappa shape index (κ3) is 8.19. The molecule has 0 aliphatic heterocycles. The van der Waals surface area contributed by atoms with Crippen LogP contribution in [-0.2, 0) is 0 Å². The van der Waals surface area contributed by atoms with E-state index in [-0.39, 0.29) is 0 Å². The van der Waals surface area contributed by atoms with Crippen LogP contribution >= 0.6 is 11.8 Å². The van der Waals surface area contributed by atoms with Gasteiger partial charge in [0.15, 0.2) is 0 Å². The van der Waals surface area contributed by atoms with Crippen LogP contribution in [0.15, 0.2) is 5.16 Å². The second kappa shape index (κ2) is 9.15. The van der Waals surface area contributed by atoms with Crippen molar-refractivity contribution in [2.75, 3.05) is 31.6 Å². The number of oxime groups is 1. The predicted octanol–water partition coefficient (Wildman–Crippen LogP) is 1.20. The number of hydrogen-bond donors (Lipinski definition) is 2. The van der Waals surface area contributed by atoms with Crippen molar-refractivity contribution in [2.24, 2.45) is 10.9 Å². The van der Waals surface area contributed by atoms with E-state index < -0.39 is 0 Å². The van der Waals surface area contributed by atoms with Crippen LogP contribution in [0.25, 0.3) is 0 Å². The highest BCUT2D eigenvalue weighted by molar-refractivity contribution is 7.99. The van der Waals surface area contributed by atoms with E-state index in [9.17, 15) is 0 Å². The van der Waals surface area contributed by atoms with E-state index in [0.717, 1.165) is 13.1 Å². The monoisotopic (exact) mass is 219 g/mol. The van der Waals surface area contributed by atoms with Crippen molar-refractivity contribution in [2.45, 2.75) is 19.8 Å². The first kappa shape index (κ1) is 13.6. The molecule has 0 amide bonds. The molecule has 0 aliphatic rings. The second-order valence-electron chi connectivity index (χ2n) is 3.20. The zero-order valence-electron chi connectivity index (χ0n) is 9.07. The number of thioether (sulfide) groups is 1. The highest BCUT2D eigenvalue weighted by Crippen LogP contribution is 2.01. The van der Waals surface area contributed by atoms with E-state index >= 15 is 0 Å². The number of hydrogen-bond acceptors (Lipinski definition) is 4. The van der Waals surface area contributed by atoms with E-state index in [4.69, 9.17) is 10.9 Å². The van der Waals surface area contributed by atoms with Gasteiger partial charge in [0.25, 0.3) is 0 Å². The van der Waals surface area contributed by atoms with Crippen LogP contribution in [0.3, 0.4) is 0 Å². The van der Waals surface area contributed by atoms with Gasteiger partial charge in [-0.3, -0.25) is 0 Å². The van der Waals surface area contributed by atoms with Gasteiger partial charge in [0.1, 0.15) is 5.84 Å². The van der Waals surface area contributed by atoms with Crippen molar-refractivity contribution in [1.29, 1.82) is 0 Å². The van der Waals surface area contributed by atoms with Crippen molar-refractivity contribution < 1.29 is 5.21 Å². The van der Waals surface area contributed by atoms with Gasteiger partial charge in [0.05, 0.1) is 0 Å². The molecule has 4 nitrogen and oxygen atoms in total. The molecule has 0 heterocycles. The van der Waals surface area contributed by atoms with Gasteiger partial charge in [0, 0.05) is 13.0 Å². The molecule has 0 aliphatic carbocycles. The minimum Gasteiger partial charge on any atom is -0.409 e. The molecule has 0 aromatic rings. The minimum absolute atomic E-state index is 0.305. The summed E-state index contributed by atoms with van der Waals surface area (Å²) in [4.78, 5) is 2.20. The van der Waals surface area contributed by atoms with Gasteiger partial charge in [-0.1, -0.05) is 12.1 Å². The molecule has 0 aromatic carbocycles. The first-order valence-corrected chi connectivity index (χ1v) is 6.08. The molecule has 14 heavy (non-hydrogen) atoms. The van der Waals surface area contributed by atoms with Gasteiger partial charge in [-0.2, -0.15) is 11.8 Å². The zero-order chi connectivity index (χ0) is 10.8. The van der Waals surface area contributed by atoms with E-state index in [2.05, 4.69) is 24.0 Å². The van der Waals surface area contributed by atoms with Gasteiger partial charge in [0.2, 0.25) is 0 Å². The van der Waals surface area contributed by atoms with Gasteiger partial charge < -0.3 is 15.8 Å². The topological polar surface area (TPSA) is 61.8 Å². The average molecular weight is 219 g/mol. The molecule has 0 saturated heterocycles. The molecule has 0 rings (SSSR count). The summed E-state index contributed by atoms with van der Waals surface area (Å²) in [5.74, 6) is 2.71. The maximum absolute atomic E-state index is 8.33. The van der Waals surface area contributed by atoms with Crippen LogP contribution in [0, 0.1) is 0 Å². The van der Waals surface area contributed by atoms with Crippen LogP contribution in [0.5, 0.6) is 0 Å². The minimum atomic E-state index is 0.305. The summed E-state index contributed by atoms with van der Waals surface area (Å²) in [6.45, 7) is 4.10. The van der Waals surface area contributed by atoms with Crippen LogP contribution < -0.4 is 5.73 Å². The SMILES string of the molecule is CCSCCCN(C)CCC(N)=NO. The van der Waals surface area contributed by atoms with E-state index in [1.807, 2.05) is 11.8 Å². The molecule has 84 valence electrons. The molecule has 3 N–H and O–H groups in total. The summed E-state index contributed by atoms with van der Waals surface area (Å²) in [5, 5.41) is 11.3. The normalized spacial score (nSPS) is 12.4. The second-order valence-corrected chi connectivity index (χ2v) is 4.59. The summed E-state index contributed by atoms with van der Waals surface area (Å²) in [7, 11) is 2.06. The van der Waals surface area contributed by atoms with Gasteiger partial charge >= 0.3 is 0 Å². The molecule has 0 atom stereocenters. The Hall–Kier alpha value is -0.420. The molecule has 0 radical (unpaired) electrons. The molecule has 0 saturated carbocycles. The van der Waals surface area contributed by atoms with Gasteiger partial charge in [-0.25, -0.2) is 0 Å². The Morgan fingerprint density at radius 3 is 2.79 bits per heavy atom. The fraction of sp³-hybridized carbons (Fsp3) is 0.889. The quantitative estimate of drug-likeness (QED) is 0.212. The van der Waals surface area contributed by atoms with E-state index in [1.54, 1.807) is 0 Å². The van der Waals surface area contributed by atoms with Crippen molar-refractivity contribution in [3.05, 3.63) is 0 Å². The fourth-order valence-corrected chi connectivity index (χ4v) is 1.67. The van der Waals surface area contributed by atoms with Crippen LogP contribution in [0.4, 0.5) is 0 Å². The Kier molecular flexibility index (Phi) is 8.87. The maximum Gasteiger partial charge on any atom is 0.140 e. The summed E-state index contributed by atoms with van der Waals surface area (Å²) in [6.07, 6.45) is 1.83. The smallest absolute Gasteiger partial charge is 0.140 e. The zero-order valence-corrected chi connectivity index (χ0v) is 9.89. The lowest BCUT2D eigenvalue weighted by molar-refractivity contribution is 0.311. The van der Waals surface area contributed by atoms with E-state index in [1.165, 1.54) is 17.9 Å². The first-order valence-electron chi connectivity index (χ1n) is 4.93. The Labute approximate surface area is 90.5 Å². The Morgan fingerprint density at radius 1 is 1.50 bits per heavy atom. The summed E-state index contributed by atoms with van der Waals surface area (Å²) in [6, 6.07) is 0. The number of nitrogens with two attached hydrogens (primary N) is 1. The Balaban J connectivity index is 3.32. The van der Waals surface area contributed by atoms with E-state index in [0.29, 0.717) is 12.3 Å². The standard InChI is InChI=1S/C9H21N3OS/c1-3-14-8-4-6-12(2)7-5-9(10)11-13/h13H,3-8H2,1-2H3,(H2,10,11). The number of rotatable bonds is 8. The Morgan fingerprint density at radius 2 is 2.21 bits per heavy atom. The molecule has 5 heteroatoms. The highest BCUT2D eigenvalue weighted by Gasteiger charge is 1.99. The summed E-state index contributed by atoms with van der Waals surface area (Å²) >= 11 is 1.96. The third-order valence-corrected chi connectivity index (χ3v) is 2.90. The molecule has 0 aromatic heterocycles. The van der Waals surface area contributed by atoms with Crippen LogP contribution in [-0.4, -0.2) is 47.6 Å².